The van der Waals surface area contributed by atoms with Gasteiger partial charge in [0.25, 0.3) is 0 Å². The zero-order valence-corrected chi connectivity index (χ0v) is 15.1. The van der Waals surface area contributed by atoms with Crippen molar-refractivity contribution in [1.29, 1.82) is 5.26 Å². The first-order chi connectivity index (χ1) is 11.2. The Bertz CT molecular complexity index is 559. The van der Waals surface area contributed by atoms with E-state index in [0.29, 0.717) is 31.8 Å². The van der Waals surface area contributed by atoms with E-state index in [2.05, 4.69) is 0 Å². The van der Waals surface area contributed by atoms with Crippen LogP contribution >= 0.6 is 0 Å². The molecule has 1 heterocycles. The van der Waals surface area contributed by atoms with Gasteiger partial charge in [0.1, 0.15) is 23.2 Å². The van der Waals surface area contributed by atoms with Crippen molar-refractivity contribution < 1.29 is 13.9 Å². The first-order valence-corrected chi connectivity index (χ1v) is 8.25. The summed E-state index contributed by atoms with van der Waals surface area (Å²) >= 11 is 0. The summed E-state index contributed by atoms with van der Waals surface area (Å²) in [6.45, 7) is 11.0. The monoisotopic (exact) mass is 321 g/mol. The van der Waals surface area contributed by atoms with Gasteiger partial charge in [-0.1, -0.05) is 33.8 Å². The normalized spacial score (nSPS) is 12.0. The van der Waals surface area contributed by atoms with E-state index in [1.54, 1.807) is 7.11 Å². The highest BCUT2D eigenvalue weighted by Gasteiger charge is 2.25. The third-order valence-corrected chi connectivity index (χ3v) is 3.32. The summed E-state index contributed by atoms with van der Waals surface area (Å²) in [6.07, 6.45) is 3.38. The maximum absolute atomic E-state index is 14.0. The van der Waals surface area contributed by atoms with Crippen LogP contribution in [0.15, 0.2) is 12.1 Å². The molecule has 0 bridgehead atoms. The summed E-state index contributed by atoms with van der Waals surface area (Å²) in [6, 6.07) is 3.32. The molecule has 0 atom stereocenters. The molecule has 23 heavy (non-hydrogen) atoms. The zero-order valence-electron chi connectivity index (χ0n) is 15.1. The summed E-state index contributed by atoms with van der Waals surface area (Å²) in [7, 11) is 1.64. The number of ether oxygens (including phenoxy) is 2. The minimum Gasteiger partial charge on any atom is -0.491 e. The van der Waals surface area contributed by atoms with Crippen molar-refractivity contribution in [3.63, 3.8) is 0 Å². The van der Waals surface area contributed by atoms with Gasteiger partial charge in [-0.2, -0.15) is 5.26 Å². The number of nitriles is 1. The molecule has 0 fully saturated rings. The number of nitrogens with zero attached hydrogens (tertiary/aromatic N) is 1. The maximum atomic E-state index is 14.0. The highest BCUT2D eigenvalue weighted by atomic mass is 19.1. The van der Waals surface area contributed by atoms with Crippen LogP contribution in [0.1, 0.15) is 57.7 Å². The molecule has 0 radical (unpaired) electrons. The van der Waals surface area contributed by atoms with Crippen LogP contribution in [0, 0.1) is 17.1 Å². The highest BCUT2D eigenvalue weighted by molar-refractivity contribution is 5.73. The van der Waals surface area contributed by atoms with Gasteiger partial charge in [-0.05, 0) is 30.5 Å². The second-order valence-electron chi connectivity index (χ2n) is 4.36. The largest absolute Gasteiger partial charge is 0.491 e. The molecule has 0 saturated heterocycles. The zero-order chi connectivity index (χ0) is 17.8. The smallest absolute Gasteiger partial charge is 0.145 e. The highest BCUT2D eigenvalue weighted by Crippen LogP contribution is 2.37. The van der Waals surface area contributed by atoms with E-state index in [-0.39, 0.29) is 5.56 Å². The van der Waals surface area contributed by atoms with Crippen LogP contribution in [-0.2, 0) is 11.2 Å². The van der Waals surface area contributed by atoms with Crippen LogP contribution in [0.4, 0.5) is 4.39 Å². The van der Waals surface area contributed by atoms with Gasteiger partial charge < -0.3 is 9.47 Å². The quantitative estimate of drug-likeness (QED) is 0.772. The van der Waals surface area contributed by atoms with Crippen LogP contribution in [0.25, 0.3) is 5.57 Å². The Morgan fingerprint density at radius 3 is 2.57 bits per heavy atom. The van der Waals surface area contributed by atoms with Gasteiger partial charge in [0.2, 0.25) is 0 Å². The lowest BCUT2D eigenvalue weighted by molar-refractivity contribution is 0.206. The molecule has 0 aromatic heterocycles. The third-order valence-electron chi connectivity index (χ3n) is 3.32. The second-order valence-corrected chi connectivity index (χ2v) is 4.36. The van der Waals surface area contributed by atoms with Crippen LogP contribution < -0.4 is 4.74 Å². The number of rotatable bonds is 4. The van der Waals surface area contributed by atoms with E-state index in [1.807, 2.05) is 46.8 Å². The second kappa shape index (κ2) is 11.7. The summed E-state index contributed by atoms with van der Waals surface area (Å²) in [5.41, 5.74) is 2.80. The lowest BCUT2D eigenvalue weighted by Crippen LogP contribution is -1.99. The fourth-order valence-electron chi connectivity index (χ4n) is 2.37. The Hall–Kier alpha value is -1.86. The van der Waals surface area contributed by atoms with Crippen molar-refractivity contribution in [2.45, 2.75) is 47.5 Å². The molecule has 1 aromatic rings. The lowest BCUT2D eigenvalue weighted by atomic mass is 9.93. The molecular weight excluding hydrogens is 293 g/mol. The van der Waals surface area contributed by atoms with Crippen molar-refractivity contribution in [2.24, 2.45) is 0 Å². The fourth-order valence-corrected chi connectivity index (χ4v) is 2.37. The van der Waals surface area contributed by atoms with Crippen LogP contribution in [0.5, 0.6) is 5.75 Å². The number of methoxy groups -OCH3 is 1. The Morgan fingerprint density at radius 1 is 1.39 bits per heavy atom. The van der Waals surface area contributed by atoms with Gasteiger partial charge in [0.15, 0.2) is 0 Å². The molecule has 1 aromatic carbocycles. The fraction of sp³-hybridized carbons (Fsp3) is 0.526. The van der Waals surface area contributed by atoms with E-state index < -0.39 is 5.82 Å². The molecule has 0 N–H and O–H groups in total. The minimum absolute atomic E-state index is 0.0124. The van der Waals surface area contributed by atoms with Gasteiger partial charge in [0, 0.05) is 19.1 Å². The summed E-state index contributed by atoms with van der Waals surface area (Å²) < 4.78 is 24.5. The minimum atomic E-state index is -0.519. The molecule has 0 unspecified atom stereocenters. The molecule has 1 aliphatic rings. The number of hydrogen-bond donors (Lipinski definition) is 0. The molecule has 0 saturated carbocycles. The van der Waals surface area contributed by atoms with Crippen molar-refractivity contribution in [2.75, 3.05) is 20.3 Å². The number of allylic oxidation sites excluding steroid dienone is 1. The summed E-state index contributed by atoms with van der Waals surface area (Å²) in [5.74, 6) is -0.107. The number of halogens is 1. The van der Waals surface area contributed by atoms with Gasteiger partial charge in [-0.15, -0.1) is 0 Å². The van der Waals surface area contributed by atoms with E-state index in [4.69, 9.17) is 14.7 Å². The van der Waals surface area contributed by atoms with E-state index >= 15 is 0 Å². The van der Waals surface area contributed by atoms with Crippen molar-refractivity contribution in [3.05, 3.63) is 34.6 Å². The predicted molar refractivity (Wildman–Crippen MR) is 93.2 cm³/mol. The number of fused-ring (bicyclic) bond motifs is 1. The molecule has 0 aliphatic carbocycles. The first kappa shape index (κ1) is 21.1. The maximum Gasteiger partial charge on any atom is 0.145 e. The molecule has 128 valence electrons. The summed E-state index contributed by atoms with van der Waals surface area (Å²) in [5, 5.41) is 9.01. The SMILES string of the molecule is C/C=C(\CCOC)c1cc(F)c(C#N)c2c1CCO2.CC.CC. The molecule has 4 heteroatoms. The first-order valence-electron chi connectivity index (χ1n) is 8.25. The van der Waals surface area contributed by atoms with Crippen molar-refractivity contribution >= 4 is 5.57 Å². The van der Waals surface area contributed by atoms with Gasteiger partial charge in [-0.25, -0.2) is 4.39 Å². The number of hydrogen-bond acceptors (Lipinski definition) is 3. The molecule has 0 spiro atoms. The molecule has 0 amide bonds. The molecule has 1 aliphatic heterocycles. The molecule has 3 nitrogen and oxygen atoms in total. The average Bonchev–Trinajstić information content (AvgIpc) is 3.08. The third kappa shape index (κ3) is 5.07. The van der Waals surface area contributed by atoms with Crippen LogP contribution in [0.2, 0.25) is 0 Å². The van der Waals surface area contributed by atoms with Crippen LogP contribution in [-0.4, -0.2) is 20.3 Å². The topological polar surface area (TPSA) is 42.2 Å². The standard InChI is InChI=1S/C15H16FNO2.2C2H6/c1-3-10(4-6-18-2)12-8-14(16)13(9-17)15-11(12)5-7-19-15;2*1-2/h3,8H,4-7H2,1-2H3;2*1-2H3/b10-3+;;. The molecular formula is C19H28FNO2. The van der Waals surface area contributed by atoms with Crippen LogP contribution in [0.3, 0.4) is 0 Å². The lowest BCUT2D eigenvalue weighted by Gasteiger charge is -2.13. The van der Waals surface area contributed by atoms with E-state index in [0.717, 1.165) is 16.7 Å². The Morgan fingerprint density at radius 2 is 2.04 bits per heavy atom. The van der Waals surface area contributed by atoms with E-state index in [9.17, 15) is 4.39 Å². The number of benzene rings is 1. The Kier molecular flexibility index (Phi) is 10.7. The van der Waals surface area contributed by atoms with Gasteiger partial charge >= 0.3 is 0 Å². The van der Waals surface area contributed by atoms with E-state index in [1.165, 1.54) is 6.07 Å². The Balaban J connectivity index is 0.00000112. The molecule has 2 rings (SSSR count). The Labute approximate surface area is 139 Å². The van der Waals surface area contributed by atoms with Gasteiger partial charge in [-0.3, -0.25) is 0 Å². The summed E-state index contributed by atoms with van der Waals surface area (Å²) in [4.78, 5) is 0. The van der Waals surface area contributed by atoms with Crippen molar-refractivity contribution in [3.8, 4) is 11.8 Å². The van der Waals surface area contributed by atoms with Crippen molar-refractivity contribution in [1.82, 2.24) is 0 Å². The van der Waals surface area contributed by atoms with Gasteiger partial charge in [0.05, 0.1) is 13.2 Å². The average molecular weight is 321 g/mol. The predicted octanol–water partition coefficient (Wildman–Crippen LogP) is 5.12.